The maximum Gasteiger partial charge on any atom is 0.239 e. The average Bonchev–Trinajstić information content (AvgIpc) is 3.13. The van der Waals surface area contributed by atoms with E-state index in [4.69, 9.17) is 4.52 Å². The summed E-state index contributed by atoms with van der Waals surface area (Å²) < 4.78 is 4.97. The van der Waals surface area contributed by atoms with Gasteiger partial charge in [-0.25, -0.2) is 0 Å². The van der Waals surface area contributed by atoms with Crippen molar-refractivity contribution in [2.45, 2.75) is 46.5 Å². The highest BCUT2D eigenvalue weighted by molar-refractivity contribution is 5.94. The van der Waals surface area contributed by atoms with Crippen molar-refractivity contribution in [2.75, 3.05) is 49.9 Å². The maximum atomic E-state index is 12.8. The topological polar surface area (TPSA) is 90.7 Å². The van der Waals surface area contributed by atoms with E-state index in [1.165, 1.54) is 11.1 Å². The second-order valence-corrected chi connectivity index (χ2v) is 9.09. The Morgan fingerprint density at radius 3 is 1.88 bits per heavy atom. The molecule has 0 spiro atoms. The first-order valence-electron chi connectivity index (χ1n) is 11.3. The van der Waals surface area contributed by atoms with Crippen molar-refractivity contribution in [1.82, 2.24) is 15.0 Å². The molecular weight excluding hydrogens is 406 g/mol. The Balaban J connectivity index is 1.49. The third-order valence-corrected chi connectivity index (χ3v) is 5.73. The Hall–Kier alpha value is -2.71. The molecule has 174 valence electrons. The molecule has 2 heterocycles. The van der Waals surface area contributed by atoms with E-state index in [9.17, 15) is 9.59 Å². The van der Waals surface area contributed by atoms with Crippen LogP contribution in [0, 0.1) is 6.92 Å². The summed E-state index contributed by atoms with van der Waals surface area (Å²) in [6.45, 7) is 14.0. The largest absolute Gasteiger partial charge is 0.360 e. The van der Waals surface area contributed by atoms with Crippen molar-refractivity contribution >= 4 is 23.3 Å². The molecule has 32 heavy (non-hydrogen) atoms. The van der Waals surface area contributed by atoms with Crippen LogP contribution in [-0.2, 0) is 9.59 Å². The fourth-order valence-electron chi connectivity index (χ4n) is 3.99. The molecular formula is C24H35N5O3. The summed E-state index contributed by atoms with van der Waals surface area (Å²) in [5.41, 5.74) is 3.30. The van der Waals surface area contributed by atoms with Gasteiger partial charge in [0.1, 0.15) is 5.76 Å². The number of hydrogen-bond donors (Lipinski definition) is 2. The van der Waals surface area contributed by atoms with Crippen LogP contribution in [0.3, 0.4) is 0 Å². The van der Waals surface area contributed by atoms with Crippen molar-refractivity contribution in [2.24, 2.45) is 0 Å². The number of anilines is 2. The Kier molecular flexibility index (Phi) is 8.04. The van der Waals surface area contributed by atoms with Gasteiger partial charge in [0.25, 0.3) is 0 Å². The Morgan fingerprint density at radius 1 is 0.938 bits per heavy atom. The van der Waals surface area contributed by atoms with E-state index >= 15 is 0 Å². The van der Waals surface area contributed by atoms with Crippen LogP contribution in [0.1, 0.15) is 56.4 Å². The molecule has 1 aliphatic rings. The Bertz CT molecular complexity index is 903. The van der Waals surface area contributed by atoms with Crippen LogP contribution in [0.4, 0.5) is 11.5 Å². The molecule has 1 aromatic heterocycles. The lowest BCUT2D eigenvalue weighted by Gasteiger charge is -2.33. The van der Waals surface area contributed by atoms with Gasteiger partial charge in [0.2, 0.25) is 11.8 Å². The molecule has 2 N–H and O–H groups in total. The molecule has 2 amide bonds. The second kappa shape index (κ2) is 10.7. The van der Waals surface area contributed by atoms with Gasteiger partial charge in [-0.1, -0.05) is 51.1 Å². The van der Waals surface area contributed by atoms with E-state index in [1.54, 1.807) is 13.0 Å². The van der Waals surface area contributed by atoms with Crippen LogP contribution in [0.15, 0.2) is 28.8 Å². The van der Waals surface area contributed by atoms with Crippen LogP contribution in [0.5, 0.6) is 0 Å². The first-order valence-corrected chi connectivity index (χ1v) is 11.3. The molecule has 3 rings (SSSR count). The average molecular weight is 442 g/mol. The van der Waals surface area contributed by atoms with Crippen molar-refractivity contribution in [3.05, 3.63) is 41.2 Å². The summed E-state index contributed by atoms with van der Waals surface area (Å²) in [6, 6.07) is 7.95. The summed E-state index contributed by atoms with van der Waals surface area (Å²) in [6.07, 6.45) is 0. The second-order valence-electron chi connectivity index (χ2n) is 9.09. The zero-order valence-corrected chi connectivity index (χ0v) is 19.8. The molecule has 0 atom stereocenters. The van der Waals surface area contributed by atoms with Gasteiger partial charge in [0, 0.05) is 37.9 Å². The first kappa shape index (κ1) is 23.9. The predicted molar refractivity (Wildman–Crippen MR) is 126 cm³/mol. The normalized spacial score (nSPS) is 15.3. The zero-order chi connectivity index (χ0) is 23.3. The summed E-state index contributed by atoms with van der Waals surface area (Å²) in [7, 11) is 0. The number of rotatable bonds is 8. The van der Waals surface area contributed by atoms with E-state index in [0.717, 1.165) is 31.9 Å². The van der Waals surface area contributed by atoms with Gasteiger partial charge in [-0.05, 0) is 29.9 Å². The summed E-state index contributed by atoms with van der Waals surface area (Å²) in [5.74, 6) is 1.65. The molecule has 0 radical (unpaired) electrons. The molecule has 1 aliphatic heterocycles. The lowest BCUT2D eigenvalue weighted by atomic mass is 9.92. The van der Waals surface area contributed by atoms with E-state index in [1.807, 2.05) is 0 Å². The molecule has 8 nitrogen and oxygen atoms in total. The quantitative estimate of drug-likeness (QED) is 0.652. The number of nitrogens with zero attached hydrogens (tertiary/aromatic N) is 3. The van der Waals surface area contributed by atoms with Crippen molar-refractivity contribution in [1.29, 1.82) is 0 Å². The first-order chi connectivity index (χ1) is 15.2. The third-order valence-electron chi connectivity index (χ3n) is 5.73. The molecule has 1 aromatic carbocycles. The minimum atomic E-state index is -0.115. The lowest BCUT2D eigenvalue weighted by Crippen LogP contribution is -2.50. The Labute approximate surface area is 190 Å². The maximum absolute atomic E-state index is 12.8. The van der Waals surface area contributed by atoms with Crippen molar-refractivity contribution in [3.8, 4) is 0 Å². The molecule has 0 saturated carbocycles. The zero-order valence-electron chi connectivity index (χ0n) is 19.8. The van der Waals surface area contributed by atoms with E-state index in [0.29, 0.717) is 36.5 Å². The highest BCUT2D eigenvalue weighted by Gasteiger charge is 2.22. The van der Waals surface area contributed by atoms with Crippen LogP contribution in [-0.4, -0.2) is 66.0 Å². The van der Waals surface area contributed by atoms with E-state index in [-0.39, 0.29) is 11.8 Å². The monoisotopic (exact) mass is 441 g/mol. The molecule has 1 fully saturated rings. The van der Waals surface area contributed by atoms with Crippen LogP contribution < -0.4 is 10.6 Å². The van der Waals surface area contributed by atoms with Gasteiger partial charge >= 0.3 is 0 Å². The third kappa shape index (κ3) is 6.40. The Morgan fingerprint density at radius 2 is 1.44 bits per heavy atom. The smallest absolute Gasteiger partial charge is 0.239 e. The van der Waals surface area contributed by atoms with Gasteiger partial charge in [-0.3, -0.25) is 19.4 Å². The van der Waals surface area contributed by atoms with Gasteiger partial charge in [0.15, 0.2) is 5.82 Å². The standard InChI is InChI=1S/C24H35N5O3/c1-16(2)19-7-6-8-20(17(3)4)24(19)26-23(31)15-29-11-9-28(10-12-29)14-22(30)25-21-13-18(5)32-27-21/h6-8,13,16-17H,9-12,14-15H2,1-5H3,(H,26,31)(H,25,27,30). The van der Waals surface area contributed by atoms with Gasteiger partial charge in [0.05, 0.1) is 13.1 Å². The molecule has 8 heteroatoms. The van der Waals surface area contributed by atoms with E-state index < -0.39 is 0 Å². The number of carbonyl (C=O) groups excluding carboxylic acids is 2. The highest BCUT2D eigenvalue weighted by Crippen LogP contribution is 2.32. The number of amides is 2. The number of hydrogen-bond acceptors (Lipinski definition) is 6. The summed E-state index contributed by atoms with van der Waals surface area (Å²) in [5, 5.41) is 9.72. The van der Waals surface area contributed by atoms with Crippen molar-refractivity contribution in [3.63, 3.8) is 0 Å². The number of aromatic nitrogens is 1. The van der Waals surface area contributed by atoms with Crippen LogP contribution in [0.2, 0.25) is 0 Å². The minimum Gasteiger partial charge on any atom is -0.360 e. The van der Waals surface area contributed by atoms with Gasteiger partial charge in [-0.2, -0.15) is 0 Å². The summed E-state index contributed by atoms with van der Waals surface area (Å²) >= 11 is 0. The van der Waals surface area contributed by atoms with Crippen LogP contribution >= 0.6 is 0 Å². The molecule has 0 bridgehead atoms. The fraction of sp³-hybridized carbons (Fsp3) is 0.542. The molecule has 1 saturated heterocycles. The summed E-state index contributed by atoms with van der Waals surface area (Å²) in [4.78, 5) is 29.3. The van der Waals surface area contributed by atoms with Gasteiger partial charge < -0.3 is 15.2 Å². The predicted octanol–water partition coefficient (Wildman–Crippen LogP) is 3.42. The lowest BCUT2D eigenvalue weighted by molar-refractivity contribution is -0.120. The number of carbonyl (C=O) groups is 2. The molecule has 0 aliphatic carbocycles. The molecule has 0 unspecified atom stereocenters. The number of benzene rings is 1. The molecule has 2 aromatic rings. The number of nitrogens with one attached hydrogen (secondary N) is 2. The van der Waals surface area contributed by atoms with Crippen LogP contribution in [0.25, 0.3) is 0 Å². The number of para-hydroxylation sites is 1. The SMILES string of the molecule is Cc1cc(NC(=O)CN2CCN(CC(=O)Nc3c(C(C)C)cccc3C(C)C)CC2)no1. The van der Waals surface area contributed by atoms with Crippen molar-refractivity contribution < 1.29 is 14.1 Å². The highest BCUT2D eigenvalue weighted by atomic mass is 16.5. The number of aryl methyl sites for hydroxylation is 1. The fourth-order valence-corrected chi connectivity index (χ4v) is 3.99. The van der Waals surface area contributed by atoms with Gasteiger partial charge in [-0.15, -0.1) is 0 Å². The number of piperazine rings is 1. The van der Waals surface area contributed by atoms with E-state index in [2.05, 4.69) is 71.5 Å². The minimum absolute atomic E-state index is 0.00703.